The number of hydrogen-bond donors (Lipinski definition) is 2. The number of alkyl carbamates (subject to hydrolysis) is 1. The maximum absolute atomic E-state index is 11.8. The van der Waals surface area contributed by atoms with Gasteiger partial charge in [0.05, 0.1) is 31.0 Å². The van der Waals surface area contributed by atoms with E-state index < -0.39 is 11.7 Å². The second-order valence-electron chi connectivity index (χ2n) is 7.64. The molecule has 1 saturated carbocycles. The second-order valence-corrected chi connectivity index (χ2v) is 7.64. The molecule has 2 fully saturated rings. The molecule has 8 nitrogen and oxygen atoms in total. The molecule has 2 N–H and O–H groups in total. The van der Waals surface area contributed by atoms with Crippen molar-refractivity contribution in [3.63, 3.8) is 0 Å². The monoisotopic (exact) mass is 338 g/mol. The predicted molar refractivity (Wildman–Crippen MR) is 85.4 cm³/mol. The van der Waals surface area contributed by atoms with Gasteiger partial charge in [0, 0.05) is 0 Å². The van der Waals surface area contributed by atoms with E-state index >= 15 is 0 Å². The third kappa shape index (κ3) is 4.24. The van der Waals surface area contributed by atoms with Crippen LogP contribution >= 0.6 is 0 Å². The summed E-state index contributed by atoms with van der Waals surface area (Å²) in [7, 11) is 0. The molecule has 3 rings (SSSR count). The minimum absolute atomic E-state index is 0.0482. The first-order chi connectivity index (χ1) is 11.3. The number of aliphatic hydroxyl groups excluding tert-OH is 1. The summed E-state index contributed by atoms with van der Waals surface area (Å²) < 4.78 is 12.9. The van der Waals surface area contributed by atoms with E-state index in [2.05, 4.69) is 15.6 Å². The molecule has 1 amide bonds. The maximum Gasteiger partial charge on any atom is 0.407 e. The van der Waals surface area contributed by atoms with Crippen LogP contribution in [0.5, 0.6) is 0 Å². The summed E-state index contributed by atoms with van der Waals surface area (Å²) in [6, 6.07) is 0.194. The molecule has 0 radical (unpaired) electrons. The fraction of sp³-hybridized carbons (Fsp3) is 0.812. The summed E-state index contributed by atoms with van der Waals surface area (Å²) in [6.07, 6.45) is 4.22. The van der Waals surface area contributed by atoms with E-state index in [9.17, 15) is 9.90 Å². The molecule has 1 aromatic heterocycles. The number of carbonyl (C=O) groups excluding carboxylic acids is 1. The lowest BCUT2D eigenvalue weighted by Gasteiger charge is -2.31. The van der Waals surface area contributed by atoms with Gasteiger partial charge in [-0.1, -0.05) is 5.21 Å². The molecule has 1 aliphatic carbocycles. The zero-order chi connectivity index (χ0) is 17.3. The molecule has 24 heavy (non-hydrogen) atoms. The number of nitrogens with one attached hydrogen (secondary N) is 1. The van der Waals surface area contributed by atoms with Crippen LogP contribution in [0.25, 0.3) is 0 Å². The minimum Gasteiger partial charge on any atom is -0.444 e. The normalized spacial score (nSPS) is 30.5. The van der Waals surface area contributed by atoms with Crippen molar-refractivity contribution in [3.05, 3.63) is 11.9 Å². The average Bonchev–Trinajstić information content (AvgIpc) is 2.92. The van der Waals surface area contributed by atoms with Gasteiger partial charge in [0.25, 0.3) is 0 Å². The lowest BCUT2D eigenvalue weighted by molar-refractivity contribution is -0.0113. The summed E-state index contributed by atoms with van der Waals surface area (Å²) in [4.78, 5) is 11.8. The molecule has 0 spiro atoms. The van der Waals surface area contributed by atoms with Crippen molar-refractivity contribution in [1.29, 1.82) is 0 Å². The van der Waals surface area contributed by atoms with E-state index in [4.69, 9.17) is 9.47 Å². The van der Waals surface area contributed by atoms with Crippen molar-refractivity contribution in [2.45, 2.75) is 76.3 Å². The Hall–Kier alpha value is -1.67. The van der Waals surface area contributed by atoms with Crippen LogP contribution in [-0.4, -0.2) is 50.5 Å². The quantitative estimate of drug-likeness (QED) is 0.871. The molecule has 2 heterocycles. The molecule has 1 saturated heterocycles. The van der Waals surface area contributed by atoms with Gasteiger partial charge in [0.1, 0.15) is 17.4 Å². The summed E-state index contributed by atoms with van der Waals surface area (Å²) in [6.45, 7) is 5.94. The highest BCUT2D eigenvalue weighted by molar-refractivity contribution is 5.68. The Morgan fingerprint density at radius 1 is 1.42 bits per heavy atom. The van der Waals surface area contributed by atoms with Crippen molar-refractivity contribution < 1.29 is 19.4 Å². The number of amides is 1. The highest BCUT2D eigenvalue weighted by Crippen LogP contribution is 2.33. The molecule has 0 unspecified atom stereocenters. The first kappa shape index (κ1) is 17.2. The van der Waals surface area contributed by atoms with E-state index in [1.165, 1.54) is 0 Å². The van der Waals surface area contributed by atoms with E-state index in [0.717, 1.165) is 31.4 Å². The third-order valence-electron chi connectivity index (χ3n) is 4.32. The van der Waals surface area contributed by atoms with Crippen LogP contribution in [0.2, 0.25) is 0 Å². The molecule has 0 aromatic carbocycles. The number of rotatable bonds is 3. The Kier molecular flexibility index (Phi) is 4.78. The van der Waals surface area contributed by atoms with Crippen molar-refractivity contribution in [3.8, 4) is 0 Å². The van der Waals surface area contributed by atoms with Crippen LogP contribution in [0.15, 0.2) is 6.20 Å². The molecule has 0 bridgehead atoms. The van der Waals surface area contributed by atoms with E-state index in [1.54, 1.807) is 0 Å². The van der Waals surface area contributed by atoms with E-state index in [-0.39, 0.29) is 24.3 Å². The Morgan fingerprint density at radius 2 is 2.17 bits per heavy atom. The van der Waals surface area contributed by atoms with Gasteiger partial charge >= 0.3 is 6.09 Å². The third-order valence-corrected chi connectivity index (χ3v) is 4.32. The number of nitrogens with zero attached hydrogens (tertiary/aromatic N) is 3. The van der Waals surface area contributed by atoms with Gasteiger partial charge in [-0.25, -0.2) is 9.48 Å². The van der Waals surface area contributed by atoms with Gasteiger partial charge in [-0.3, -0.25) is 0 Å². The van der Waals surface area contributed by atoms with Crippen LogP contribution in [0.1, 0.15) is 64.3 Å². The lowest BCUT2D eigenvalue weighted by Crippen LogP contribution is -2.43. The second kappa shape index (κ2) is 6.68. The van der Waals surface area contributed by atoms with Gasteiger partial charge in [-0.2, -0.15) is 0 Å². The van der Waals surface area contributed by atoms with Gasteiger partial charge in [-0.15, -0.1) is 5.10 Å². The standard InChI is InChI=1S/C16H26N4O4/c1-16(2,3)24-15(22)17-10-4-5-14(23-9-10)13-8-20(19-18-13)11-6-12(21)7-11/h8,10-12,14,21H,4-7,9H2,1-3H3,(H,17,22)/t10-,11?,12?,14+/m1/s1. The Bertz CT molecular complexity index is 569. The smallest absolute Gasteiger partial charge is 0.407 e. The number of carbonyl (C=O) groups is 1. The van der Waals surface area contributed by atoms with Crippen LogP contribution in [-0.2, 0) is 9.47 Å². The van der Waals surface area contributed by atoms with Gasteiger partial charge in [-0.05, 0) is 46.5 Å². The molecular weight excluding hydrogens is 312 g/mol. The summed E-state index contributed by atoms with van der Waals surface area (Å²) in [5, 5.41) is 20.6. The Balaban J connectivity index is 1.46. The molecule has 2 atom stereocenters. The van der Waals surface area contributed by atoms with Crippen LogP contribution in [0.4, 0.5) is 4.79 Å². The zero-order valence-corrected chi connectivity index (χ0v) is 14.4. The molecule has 134 valence electrons. The molecule has 2 aliphatic rings. The van der Waals surface area contributed by atoms with Crippen LogP contribution in [0.3, 0.4) is 0 Å². The van der Waals surface area contributed by atoms with Gasteiger partial charge in [0.15, 0.2) is 0 Å². The number of ether oxygens (including phenoxy) is 2. The molecule has 1 aliphatic heterocycles. The SMILES string of the molecule is CC(C)(C)OC(=O)N[C@@H]1CC[C@@H](c2cn(C3CC(O)C3)nn2)OC1. The summed E-state index contributed by atoms with van der Waals surface area (Å²) in [5.74, 6) is 0. The lowest BCUT2D eigenvalue weighted by atomic mass is 9.90. The largest absolute Gasteiger partial charge is 0.444 e. The van der Waals surface area contributed by atoms with Gasteiger partial charge in [0.2, 0.25) is 0 Å². The van der Waals surface area contributed by atoms with Crippen LogP contribution in [0, 0.1) is 0 Å². The fourth-order valence-corrected chi connectivity index (χ4v) is 2.96. The number of hydrogen-bond acceptors (Lipinski definition) is 6. The molecule has 8 heteroatoms. The minimum atomic E-state index is -0.504. The van der Waals surface area contributed by atoms with Crippen LogP contribution < -0.4 is 5.32 Å². The molecule has 1 aromatic rings. The van der Waals surface area contributed by atoms with Crippen molar-refractivity contribution in [1.82, 2.24) is 20.3 Å². The van der Waals surface area contributed by atoms with E-state index in [1.807, 2.05) is 31.6 Å². The first-order valence-electron chi connectivity index (χ1n) is 8.51. The number of aromatic nitrogens is 3. The topological polar surface area (TPSA) is 98.5 Å². The number of aliphatic hydroxyl groups is 1. The van der Waals surface area contributed by atoms with Gasteiger partial charge < -0.3 is 19.9 Å². The highest BCUT2D eigenvalue weighted by atomic mass is 16.6. The zero-order valence-electron chi connectivity index (χ0n) is 14.4. The van der Waals surface area contributed by atoms with Crippen molar-refractivity contribution in [2.75, 3.05) is 6.61 Å². The summed E-state index contributed by atoms with van der Waals surface area (Å²) in [5.41, 5.74) is 0.308. The Morgan fingerprint density at radius 3 is 2.75 bits per heavy atom. The fourth-order valence-electron chi connectivity index (χ4n) is 2.96. The first-order valence-corrected chi connectivity index (χ1v) is 8.51. The molecular formula is C16H26N4O4. The summed E-state index contributed by atoms with van der Waals surface area (Å²) >= 11 is 0. The van der Waals surface area contributed by atoms with Crippen molar-refractivity contribution >= 4 is 6.09 Å². The van der Waals surface area contributed by atoms with Crippen molar-refractivity contribution in [2.24, 2.45) is 0 Å². The Labute approximate surface area is 141 Å². The highest BCUT2D eigenvalue weighted by Gasteiger charge is 2.32. The maximum atomic E-state index is 11.8. The average molecular weight is 338 g/mol. The predicted octanol–water partition coefficient (Wildman–Crippen LogP) is 1.72. The van der Waals surface area contributed by atoms with E-state index in [0.29, 0.717) is 6.61 Å².